The van der Waals surface area contributed by atoms with Crippen molar-refractivity contribution in [1.29, 1.82) is 0 Å². The van der Waals surface area contributed by atoms with Gasteiger partial charge in [-0.1, -0.05) is 49.9 Å². The summed E-state index contributed by atoms with van der Waals surface area (Å²) in [6.45, 7) is 13.8. The van der Waals surface area contributed by atoms with Gasteiger partial charge in [0.15, 0.2) is 5.75 Å². The van der Waals surface area contributed by atoms with Crippen LogP contribution in [0.1, 0.15) is 65.4 Å². The second-order valence-electron chi connectivity index (χ2n) is 7.13. The number of hydrogen-bond donors (Lipinski definition) is 1. The van der Waals surface area contributed by atoms with Crippen molar-refractivity contribution in [3.05, 3.63) is 27.7 Å². The molecule has 0 spiro atoms. The number of benzene rings is 1. The Morgan fingerprint density at radius 2 is 1.50 bits per heavy atom. The van der Waals surface area contributed by atoms with Gasteiger partial charge in [0.1, 0.15) is 0 Å². The second-order valence-corrected chi connectivity index (χ2v) is 7.95. The third kappa shape index (κ3) is 9.45. The maximum atomic E-state index is 6.31. The second kappa shape index (κ2) is 13.7. The lowest BCUT2D eigenvalue weighted by Crippen LogP contribution is -2.29. The summed E-state index contributed by atoms with van der Waals surface area (Å²) in [5, 5.41) is 4.65. The first-order valence-electron chi connectivity index (χ1n) is 10.1. The van der Waals surface area contributed by atoms with Crippen molar-refractivity contribution in [2.75, 3.05) is 26.2 Å². The molecular weight excluding hydrogens is 367 g/mol. The molecule has 1 N–H and O–H groups in total. The maximum Gasteiger partial charge on any atom is 0.156 e. The van der Waals surface area contributed by atoms with Crippen molar-refractivity contribution in [3.8, 4) is 5.75 Å². The summed E-state index contributed by atoms with van der Waals surface area (Å²) < 4.78 is 5.67. The molecule has 0 aliphatic carbocycles. The molecule has 3 nitrogen and oxygen atoms in total. The number of hydrogen-bond acceptors (Lipinski definition) is 3. The average Bonchev–Trinajstić information content (AvgIpc) is 2.59. The summed E-state index contributed by atoms with van der Waals surface area (Å²) in [6.07, 6.45) is 6.32. The predicted octanol–water partition coefficient (Wildman–Crippen LogP) is 6.16. The van der Waals surface area contributed by atoms with Gasteiger partial charge in [0, 0.05) is 6.54 Å². The molecule has 1 aromatic carbocycles. The molecule has 0 aromatic heterocycles. The molecule has 1 rings (SSSR count). The molecule has 0 amide bonds. The zero-order chi connectivity index (χ0) is 19.4. The molecule has 5 heteroatoms. The Balaban J connectivity index is 2.38. The van der Waals surface area contributed by atoms with Crippen molar-refractivity contribution < 1.29 is 4.74 Å². The SMILES string of the molecule is CCCCN(CCCC)CCCNCc1cc(Cl)c(OC(C)C)c(Cl)c1. The summed E-state index contributed by atoms with van der Waals surface area (Å²) in [6, 6.07) is 3.87. The molecule has 0 atom stereocenters. The standard InChI is InChI=1S/C21H36Cl2N2O/c1-5-7-11-25(12-8-6-2)13-9-10-24-16-18-14-19(22)21(20(23)15-18)26-17(3)4/h14-15,17,24H,5-13,16H2,1-4H3. The van der Waals surface area contributed by atoms with E-state index in [0.717, 1.165) is 31.6 Å². The lowest BCUT2D eigenvalue weighted by atomic mass is 10.2. The van der Waals surface area contributed by atoms with Gasteiger partial charge in [0.05, 0.1) is 16.1 Å². The predicted molar refractivity (Wildman–Crippen MR) is 115 cm³/mol. The van der Waals surface area contributed by atoms with E-state index in [1.807, 2.05) is 26.0 Å². The van der Waals surface area contributed by atoms with Gasteiger partial charge in [0.25, 0.3) is 0 Å². The Labute approximate surface area is 170 Å². The molecule has 0 heterocycles. The minimum atomic E-state index is 0.0531. The smallest absolute Gasteiger partial charge is 0.156 e. The van der Waals surface area contributed by atoms with Crippen molar-refractivity contribution >= 4 is 23.2 Å². The fourth-order valence-electron chi connectivity index (χ4n) is 2.82. The van der Waals surface area contributed by atoms with Crippen LogP contribution in [0.4, 0.5) is 0 Å². The van der Waals surface area contributed by atoms with E-state index in [1.54, 1.807) is 0 Å². The largest absolute Gasteiger partial charge is 0.488 e. The molecule has 0 radical (unpaired) electrons. The lowest BCUT2D eigenvalue weighted by Gasteiger charge is -2.22. The fraction of sp³-hybridized carbons (Fsp3) is 0.714. The van der Waals surface area contributed by atoms with Crippen LogP contribution < -0.4 is 10.1 Å². The van der Waals surface area contributed by atoms with Gasteiger partial charge in [0.2, 0.25) is 0 Å². The van der Waals surface area contributed by atoms with Gasteiger partial charge < -0.3 is 15.0 Å². The van der Waals surface area contributed by atoms with Gasteiger partial charge in [-0.05, 0) is 77.0 Å². The van der Waals surface area contributed by atoms with E-state index in [1.165, 1.54) is 38.8 Å². The van der Waals surface area contributed by atoms with E-state index >= 15 is 0 Å². The monoisotopic (exact) mass is 402 g/mol. The first-order valence-corrected chi connectivity index (χ1v) is 10.8. The van der Waals surface area contributed by atoms with E-state index in [9.17, 15) is 0 Å². The van der Waals surface area contributed by atoms with Crippen molar-refractivity contribution in [3.63, 3.8) is 0 Å². The highest BCUT2D eigenvalue weighted by atomic mass is 35.5. The molecule has 0 saturated carbocycles. The zero-order valence-corrected chi connectivity index (χ0v) is 18.4. The number of rotatable bonds is 14. The van der Waals surface area contributed by atoms with Gasteiger partial charge >= 0.3 is 0 Å². The molecule has 0 saturated heterocycles. The maximum absolute atomic E-state index is 6.31. The molecule has 0 aliphatic rings. The normalized spacial score (nSPS) is 11.5. The molecule has 26 heavy (non-hydrogen) atoms. The van der Waals surface area contributed by atoms with Crippen molar-refractivity contribution in [2.24, 2.45) is 0 Å². The van der Waals surface area contributed by atoms with E-state index in [4.69, 9.17) is 27.9 Å². The summed E-state index contributed by atoms with van der Waals surface area (Å²) in [5.41, 5.74) is 1.09. The van der Waals surface area contributed by atoms with E-state index in [-0.39, 0.29) is 6.10 Å². The zero-order valence-electron chi connectivity index (χ0n) is 16.9. The Hall–Kier alpha value is -0.480. The number of nitrogens with zero attached hydrogens (tertiary/aromatic N) is 1. The van der Waals surface area contributed by atoms with Crippen LogP contribution in [0.25, 0.3) is 0 Å². The highest BCUT2D eigenvalue weighted by molar-refractivity contribution is 6.37. The summed E-state index contributed by atoms with van der Waals surface area (Å²) in [7, 11) is 0. The Morgan fingerprint density at radius 1 is 0.962 bits per heavy atom. The van der Waals surface area contributed by atoms with Crippen LogP contribution in [0, 0.1) is 0 Å². The Bertz CT molecular complexity index is 478. The van der Waals surface area contributed by atoms with Gasteiger partial charge in [-0.15, -0.1) is 0 Å². The van der Waals surface area contributed by atoms with Gasteiger partial charge in [-0.3, -0.25) is 0 Å². The molecule has 0 aliphatic heterocycles. The first kappa shape index (κ1) is 23.6. The van der Waals surface area contributed by atoms with Gasteiger partial charge in [-0.2, -0.15) is 0 Å². The van der Waals surface area contributed by atoms with E-state index in [2.05, 4.69) is 24.1 Å². The first-order chi connectivity index (χ1) is 12.5. The van der Waals surface area contributed by atoms with Crippen LogP contribution in [0.5, 0.6) is 5.75 Å². The minimum Gasteiger partial charge on any atom is -0.488 e. The number of nitrogens with one attached hydrogen (secondary N) is 1. The number of ether oxygens (including phenoxy) is 1. The highest BCUT2D eigenvalue weighted by Gasteiger charge is 2.11. The van der Waals surface area contributed by atoms with E-state index in [0.29, 0.717) is 15.8 Å². The minimum absolute atomic E-state index is 0.0531. The third-order valence-electron chi connectivity index (χ3n) is 4.22. The molecule has 0 unspecified atom stereocenters. The Morgan fingerprint density at radius 3 is 2.00 bits per heavy atom. The highest BCUT2D eigenvalue weighted by Crippen LogP contribution is 2.34. The summed E-state index contributed by atoms with van der Waals surface area (Å²) in [5.74, 6) is 0.578. The molecule has 150 valence electrons. The number of unbranched alkanes of at least 4 members (excludes halogenated alkanes) is 2. The molecular formula is C21H36Cl2N2O. The number of halogens is 2. The molecule has 1 aromatic rings. The third-order valence-corrected chi connectivity index (χ3v) is 4.79. The van der Waals surface area contributed by atoms with Crippen LogP contribution in [0.2, 0.25) is 10.0 Å². The van der Waals surface area contributed by atoms with Crippen LogP contribution in [-0.2, 0) is 6.54 Å². The average molecular weight is 403 g/mol. The fourth-order valence-corrected chi connectivity index (χ4v) is 3.44. The van der Waals surface area contributed by atoms with Crippen LogP contribution in [0.15, 0.2) is 12.1 Å². The van der Waals surface area contributed by atoms with Crippen LogP contribution >= 0.6 is 23.2 Å². The van der Waals surface area contributed by atoms with Crippen molar-refractivity contribution in [1.82, 2.24) is 10.2 Å². The van der Waals surface area contributed by atoms with Crippen molar-refractivity contribution in [2.45, 2.75) is 72.4 Å². The molecule has 0 bridgehead atoms. The lowest BCUT2D eigenvalue weighted by molar-refractivity contribution is 0.242. The van der Waals surface area contributed by atoms with Crippen LogP contribution in [-0.4, -0.2) is 37.2 Å². The van der Waals surface area contributed by atoms with E-state index < -0.39 is 0 Å². The topological polar surface area (TPSA) is 24.5 Å². The summed E-state index contributed by atoms with van der Waals surface area (Å²) >= 11 is 12.6. The Kier molecular flexibility index (Phi) is 12.4. The molecule has 0 fully saturated rings. The summed E-state index contributed by atoms with van der Waals surface area (Å²) in [4.78, 5) is 2.60. The van der Waals surface area contributed by atoms with Gasteiger partial charge in [-0.25, -0.2) is 0 Å². The van der Waals surface area contributed by atoms with Crippen LogP contribution in [0.3, 0.4) is 0 Å². The quantitative estimate of drug-likeness (QED) is 0.376.